The summed E-state index contributed by atoms with van der Waals surface area (Å²) in [6.45, 7) is 3.21. The highest BCUT2D eigenvalue weighted by molar-refractivity contribution is 6.13. The summed E-state index contributed by atoms with van der Waals surface area (Å²) < 4.78 is 51.5. The summed E-state index contributed by atoms with van der Waals surface area (Å²) in [5, 5.41) is 9.49. The number of carbonyl (C=O) groups excluding carboxylic acids is 2. The summed E-state index contributed by atoms with van der Waals surface area (Å²) in [5.74, 6) is -0.502. The quantitative estimate of drug-likeness (QED) is 0.416. The van der Waals surface area contributed by atoms with E-state index < -0.39 is 23.8 Å². The van der Waals surface area contributed by atoms with Crippen LogP contribution in [0.5, 0.6) is 5.75 Å². The number of benzene rings is 2. The normalized spacial score (nSPS) is 15.3. The van der Waals surface area contributed by atoms with E-state index in [4.69, 9.17) is 9.26 Å². The van der Waals surface area contributed by atoms with Gasteiger partial charge < -0.3 is 19.9 Å². The van der Waals surface area contributed by atoms with Gasteiger partial charge in [-0.25, -0.2) is 4.98 Å². The van der Waals surface area contributed by atoms with Crippen LogP contribution in [0.25, 0.3) is 22.4 Å². The van der Waals surface area contributed by atoms with Gasteiger partial charge in [0.05, 0.1) is 33.6 Å². The first-order valence-electron chi connectivity index (χ1n) is 10.5. The number of alkyl halides is 3. The van der Waals surface area contributed by atoms with Crippen molar-refractivity contribution in [3.63, 3.8) is 0 Å². The van der Waals surface area contributed by atoms with Gasteiger partial charge in [0.25, 0.3) is 17.5 Å². The van der Waals surface area contributed by atoms with Crippen LogP contribution in [0.3, 0.4) is 0 Å². The third kappa shape index (κ3) is 4.05. The SMILES string of the molecule is Cc1noc2nc(-c3ccccc3C(F)(F)F)cc(C(=O)Nc3ccc4c(c3)NC(=O)C(C)O4)c12. The standard InChI is InChI=1S/C24H17F3N4O4/c1-11-20-15(22(33)28-13-7-8-19-18(9-13)29-21(32)12(2)34-19)10-17(30-23(20)35-31-11)14-5-3-4-6-16(14)24(25,26)27/h3-10,12H,1-2H3,(H,28,33)(H,29,32). The molecule has 2 amide bonds. The number of carbonyl (C=O) groups is 2. The number of halogens is 3. The molecule has 0 bridgehead atoms. The first-order valence-corrected chi connectivity index (χ1v) is 10.5. The molecule has 1 atom stereocenters. The van der Waals surface area contributed by atoms with Crippen molar-refractivity contribution in [2.75, 3.05) is 10.6 Å². The molecule has 1 unspecified atom stereocenters. The number of nitrogens with one attached hydrogen (secondary N) is 2. The Bertz CT molecular complexity index is 1500. The average Bonchev–Trinajstić information content (AvgIpc) is 3.19. The van der Waals surface area contributed by atoms with Gasteiger partial charge in [0, 0.05) is 11.3 Å². The lowest BCUT2D eigenvalue weighted by atomic mass is 10.0. The van der Waals surface area contributed by atoms with Crippen molar-refractivity contribution < 1.29 is 32.0 Å². The molecule has 1 aliphatic heterocycles. The smallest absolute Gasteiger partial charge is 0.417 e. The molecule has 2 aromatic heterocycles. The van der Waals surface area contributed by atoms with Crippen molar-refractivity contribution in [2.45, 2.75) is 26.1 Å². The second kappa shape index (κ2) is 8.12. The van der Waals surface area contributed by atoms with E-state index in [2.05, 4.69) is 20.8 Å². The molecule has 0 saturated carbocycles. The predicted molar refractivity (Wildman–Crippen MR) is 120 cm³/mol. The summed E-state index contributed by atoms with van der Waals surface area (Å²) in [6, 6.07) is 10.9. The monoisotopic (exact) mass is 482 g/mol. The molecule has 2 aromatic carbocycles. The molecule has 178 valence electrons. The molecule has 0 spiro atoms. The second-order valence-electron chi connectivity index (χ2n) is 7.96. The van der Waals surface area contributed by atoms with Gasteiger partial charge in [0.1, 0.15) is 5.75 Å². The molecule has 8 nitrogen and oxygen atoms in total. The van der Waals surface area contributed by atoms with E-state index in [0.29, 0.717) is 22.8 Å². The van der Waals surface area contributed by atoms with E-state index in [-0.39, 0.29) is 33.8 Å². The van der Waals surface area contributed by atoms with Crippen LogP contribution in [0.15, 0.2) is 53.1 Å². The minimum atomic E-state index is -4.62. The van der Waals surface area contributed by atoms with Crippen molar-refractivity contribution in [2.24, 2.45) is 0 Å². The van der Waals surface area contributed by atoms with Gasteiger partial charge in [-0.05, 0) is 44.2 Å². The predicted octanol–water partition coefficient (Wildman–Crippen LogP) is 5.19. The van der Waals surface area contributed by atoms with Crippen LogP contribution < -0.4 is 15.4 Å². The van der Waals surface area contributed by atoms with E-state index in [9.17, 15) is 22.8 Å². The molecule has 0 radical (unpaired) electrons. The summed E-state index contributed by atoms with van der Waals surface area (Å²) in [5.41, 5.74) is -0.146. The highest BCUT2D eigenvalue weighted by Gasteiger charge is 2.34. The third-order valence-electron chi connectivity index (χ3n) is 5.54. The lowest BCUT2D eigenvalue weighted by molar-refractivity contribution is -0.137. The Labute approximate surface area is 196 Å². The van der Waals surface area contributed by atoms with E-state index in [1.54, 1.807) is 26.0 Å². The zero-order valence-corrected chi connectivity index (χ0v) is 18.4. The molecule has 1 aliphatic rings. The highest BCUT2D eigenvalue weighted by atomic mass is 19.4. The van der Waals surface area contributed by atoms with E-state index >= 15 is 0 Å². The van der Waals surface area contributed by atoms with Gasteiger partial charge >= 0.3 is 6.18 Å². The zero-order valence-electron chi connectivity index (χ0n) is 18.4. The minimum Gasteiger partial charge on any atom is -0.479 e. The van der Waals surface area contributed by atoms with Gasteiger partial charge in [-0.15, -0.1) is 0 Å². The average molecular weight is 482 g/mol. The lowest BCUT2D eigenvalue weighted by Crippen LogP contribution is -2.34. The van der Waals surface area contributed by atoms with Gasteiger partial charge in [-0.1, -0.05) is 23.4 Å². The molecule has 5 rings (SSSR count). The third-order valence-corrected chi connectivity index (χ3v) is 5.54. The van der Waals surface area contributed by atoms with Gasteiger partial charge in [-0.2, -0.15) is 13.2 Å². The molecular weight excluding hydrogens is 465 g/mol. The number of hydrogen-bond acceptors (Lipinski definition) is 6. The molecular formula is C24H17F3N4O4. The number of fused-ring (bicyclic) bond motifs is 2. The maximum atomic E-state index is 13.6. The van der Waals surface area contributed by atoms with E-state index in [1.165, 1.54) is 30.3 Å². The fraction of sp³-hybridized carbons (Fsp3) is 0.167. The summed E-state index contributed by atoms with van der Waals surface area (Å²) in [6.07, 6.45) is -5.28. The van der Waals surface area contributed by atoms with E-state index in [0.717, 1.165) is 6.07 Å². The largest absolute Gasteiger partial charge is 0.479 e. The Morgan fingerprint density at radius 3 is 2.69 bits per heavy atom. The van der Waals surface area contributed by atoms with Gasteiger partial charge in [0.15, 0.2) is 6.10 Å². The molecule has 0 fully saturated rings. The topological polar surface area (TPSA) is 106 Å². The fourth-order valence-electron chi connectivity index (χ4n) is 3.85. The second-order valence-corrected chi connectivity index (χ2v) is 7.96. The Balaban J connectivity index is 1.56. The van der Waals surface area contributed by atoms with Crippen molar-refractivity contribution in [3.05, 3.63) is 65.4 Å². The molecule has 4 aromatic rings. The van der Waals surface area contributed by atoms with Crippen molar-refractivity contribution >= 4 is 34.3 Å². The fourth-order valence-corrected chi connectivity index (χ4v) is 3.85. The zero-order chi connectivity index (χ0) is 24.9. The molecule has 2 N–H and O–H groups in total. The summed E-state index contributed by atoms with van der Waals surface area (Å²) in [4.78, 5) is 29.4. The molecule has 0 aliphatic carbocycles. The Hall–Kier alpha value is -4.41. The number of rotatable bonds is 3. The Kier molecular flexibility index (Phi) is 5.19. The van der Waals surface area contributed by atoms with Gasteiger partial charge in [-0.3, -0.25) is 9.59 Å². The first-order chi connectivity index (χ1) is 16.6. The molecule has 11 heteroatoms. The molecule has 3 heterocycles. The van der Waals surface area contributed by atoms with Crippen molar-refractivity contribution in [3.8, 4) is 17.0 Å². The molecule has 35 heavy (non-hydrogen) atoms. The number of aryl methyl sites for hydroxylation is 1. The number of pyridine rings is 1. The molecule has 0 saturated heterocycles. The Morgan fingerprint density at radius 2 is 1.91 bits per heavy atom. The van der Waals surface area contributed by atoms with Crippen LogP contribution >= 0.6 is 0 Å². The van der Waals surface area contributed by atoms with Crippen LogP contribution in [0, 0.1) is 6.92 Å². The number of ether oxygens (including phenoxy) is 1. The Morgan fingerprint density at radius 1 is 1.14 bits per heavy atom. The lowest BCUT2D eigenvalue weighted by Gasteiger charge is -2.23. The van der Waals surface area contributed by atoms with E-state index in [1.807, 2.05) is 0 Å². The highest BCUT2D eigenvalue weighted by Crippen LogP contribution is 2.38. The maximum absolute atomic E-state index is 13.6. The maximum Gasteiger partial charge on any atom is 0.417 e. The van der Waals surface area contributed by atoms with Crippen molar-refractivity contribution in [1.29, 1.82) is 0 Å². The summed E-state index contributed by atoms with van der Waals surface area (Å²) in [7, 11) is 0. The van der Waals surface area contributed by atoms with Crippen LogP contribution in [-0.2, 0) is 11.0 Å². The van der Waals surface area contributed by atoms with Crippen LogP contribution in [-0.4, -0.2) is 28.1 Å². The number of aromatic nitrogens is 2. The summed E-state index contributed by atoms with van der Waals surface area (Å²) >= 11 is 0. The van der Waals surface area contributed by atoms with Crippen molar-refractivity contribution in [1.82, 2.24) is 10.1 Å². The van der Waals surface area contributed by atoms with Crippen LogP contribution in [0.4, 0.5) is 24.5 Å². The van der Waals surface area contributed by atoms with Crippen LogP contribution in [0.1, 0.15) is 28.5 Å². The number of amides is 2. The van der Waals surface area contributed by atoms with Gasteiger partial charge in [0.2, 0.25) is 0 Å². The minimum absolute atomic E-state index is 0.0346. The number of nitrogens with zero attached hydrogens (tertiary/aromatic N) is 2. The van der Waals surface area contributed by atoms with Crippen LogP contribution in [0.2, 0.25) is 0 Å². The first kappa shape index (κ1) is 22.4. The number of anilines is 2. The number of hydrogen-bond donors (Lipinski definition) is 2.